The van der Waals surface area contributed by atoms with Gasteiger partial charge in [0, 0.05) is 35.8 Å². The number of aromatic amines is 1. The molecule has 1 N–H and O–H groups in total. The number of amides is 1. The summed E-state index contributed by atoms with van der Waals surface area (Å²) in [4.78, 5) is 19.8. The van der Waals surface area contributed by atoms with Gasteiger partial charge in [0.1, 0.15) is 5.82 Å². The molecule has 0 aliphatic carbocycles. The van der Waals surface area contributed by atoms with Gasteiger partial charge in [-0.2, -0.15) is 5.10 Å². The summed E-state index contributed by atoms with van der Waals surface area (Å²) in [7, 11) is 0. The average Bonchev–Trinajstić information content (AvgIpc) is 3.40. The molecule has 4 aromatic rings. The van der Waals surface area contributed by atoms with Gasteiger partial charge in [-0.05, 0) is 74.2 Å². The Morgan fingerprint density at radius 3 is 2.84 bits per heavy atom. The Kier molecular flexibility index (Phi) is 5.21. The molecule has 3 heterocycles. The third-order valence-corrected chi connectivity index (χ3v) is 6.14. The third kappa shape index (κ3) is 4.00. The highest BCUT2D eigenvalue weighted by Gasteiger charge is 2.31. The molecule has 0 saturated carbocycles. The van der Waals surface area contributed by atoms with E-state index in [1.165, 1.54) is 6.07 Å². The van der Waals surface area contributed by atoms with Crippen LogP contribution in [-0.4, -0.2) is 39.1 Å². The molecule has 1 aliphatic heterocycles. The minimum Gasteiger partial charge on any atom is -0.337 e. The molecule has 0 bridgehead atoms. The van der Waals surface area contributed by atoms with E-state index in [1.807, 2.05) is 49.1 Å². The fourth-order valence-corrected chi connectivity index (χ4v) is 4.59. The number of likely N-dealkylation sites (tertiary alicyclic amines) is 1. The Morgan fingerprint density at radius 1 is 1.12 bits per heavy atom. The molecule has 1 amide bonds. The summed E-state index contributed by atoms with van der Waals surface area (Å²) >= 11 is 0. The maximum atomic E-state index is 13.6. The van der Waals surface area contributed by atoms with Gasteiger partial charge in [-0.3, -0.25) is 14.9 Å². The fourth-order valence-electron chi connectivity index (χ4n) is 4.59. The van der Waals surface area contributed by atoms with E-state index < -0.39 is 0 Å². The molecule has 32 heavy (non-hydrogen) atoms. The Bertz CT molecular complexity index is 1310. The van der Waals surface area contributed by atoms with E-state index in [0.29, 0.717) is 25.2 Å². The molecule has 5 rings (SSSR count). The second-order valence-electron chi connectivity index (χ2n) is 8.71. The van der Waals surface area contributed by atoms with Crippen LogP contribution in [0.3, 0.4) is 0 Å². The molecule has 162 valence electrons. The van der Waals surface area contributed by atoms with Crippen molar-refractivity contribution in [2.45, 2.75) is 32.6 Å². The first kappa shape index (κ1) is 20.4. The van der Waals surface area contributed by atoms with Gasteiger partial charge in [0.2, 0.25) is 0 Å². The summed E-state index contributed by atoms with van der Waals surface area (Å²) in [6, 6.07) is 16.8. The quantitative estimate of drug-likeness (QED) is 0.501. The van der Waals surface area contributed by atoms with Crippen LogP contribution in [0.1, 0.15) is 50.9 Å². The standard InChI is InChI=1S/C26H25FN4O/c1-16-6-7-23-22(10-16)25(30-29-23)26(32)31-9-8-20(15-31)24-14-19(11-17(2)28-24)12-18-4-3-5-21(27)13-18/h3-7,10-11,13-14,20H,8-9,12,15H2,1-2H3,(H,29,30)/t20-/m0/s1. The predicted octanol–water partition coefficient (Wildman–Crippen LogP) is 4.93. The van der Waals surface area contributed by atoms with Gasteiger partial charge < -0.3 is 4.90 Å². The van der Waals surface area contributed by atoms with E-state index in [0.717, 1.165) is 45.4 Å². The molecule has 0 unspecified atom stereocenters. The summed E-state index contributed by atoms with van der Waals surface area (Å²) in [6.07, 6.45) is 1.52. The third-order valence-electron chi connectivity index (χ3n) is 6.14. The van der Waals surface area contributed by atoms with Crippen molar-refractivity contribution < 1.29 is 9.18 Å². The lowest BCUT2D eigenvalue weighted by atomic mass is 9.98. The van der Waals surface area contributed by atoms with Crippen molar-refractivity contribution in [3.05, 3.63) is 94.2 Å². The van der Waals surface area contributed by atoms with Crippen LogP contribution in [0.2, 0.25) is 0 Å². The van der Waals surface area contributed by atoms with E-state index in [1.54, 1.807) is 12.1 Å². The number of fused-ring (bicyclic) bond motifs is 1. The number of carbonyl (C=O) groups is 1. The van der Waals surface area contributed by atoms with Crippen LogP contribution in [0, 0.1) is 19.7 Å². The maximum Gasteiger partial charge on any atom is 0.275 e. The van der Waals surface area contributed by atoms with Gasteiger partial charge >= 0.3 is 0 Å². The molecule has 1 saturated heterocycles. The van der Waals surface area contributed by atoms with Gasteiger partial charge in [0.05, 0.1) is 5.52 Å². The summed E-state index contributed by atoms with van der Waals surface area (Å²) < 4.78 is 13.6. The Morgan fingerprint density at radius 2 is 2.00 bits per heavy atom. The highest BCUT2D eigenvalue weighted by Crippen LogP contribution is 2.29. The van der Waals surface area contributed by atoms with Crippen molar-refractivity contribution in [2.24, 2.45) is 0 Å². The zero-order chi connectivity index (χ0) is 22.2. The SMILES string of the molecule is Cc1ccc2[nH]nc(C(=O)N3CC[C@H](c4cc(Cc5cccc(F)c5)cc(C)n4)C3)c2c1. The number of aromatic nitrogens is 3. The molecule has 0 spiro atoms. The van der Waals surface area contributed by atoms with Crippen LogP contribution in [-0.2, 0) is 6.42 Å². The van der Waals surface area contributed by atoms with E-state index in [9.17, 15) is 9.18 Å². The number of nitrogens with zero attached hydrogens (tertiary/aromatic N) is 3. The maximum absolute atomic E-state index is 13.6. The Balaban J connectivity index is 1.35. The van der Waals surface area contributed by atoms with Crippen LogP contribution in [0.15, 0.2) is 54.6 Å². The molecule has 1 fully saturated rings. The first-order valence-corrected chi connectivity index (χ1v) is 10.9. The van der Waals surface area contributed by atoms with Gasteiger partial charge in [0.15, 0.2) is 5.69 Å². The average molecular weight is 429 g/mol. The first-order chi connectivity index (χ1) is 15.5. The van der Waals surface area contributed by atoms with Crippen molar-refractivity contribution in [3.63, 3.8) is 0 Å². The zero-order valence-corrected chi connectivity index (χ0v) is 18.2. The molecular formula is C26H25FN4O. The van der Waals surface area contributed by atoms with Gasteiger partial charge in [-0.15, -0.1) is 0 Å². The molecule has 1 aliphatic rings. The number of halogens is 1. The van der Waals surface area contributed by atoms with Crippen LogP contribution in [0.25, 0.3) is 10.9 Å². The molecule has 2 aromatic carbocycles. The molecule has 0 radical (unpaired) electrons. The summed E-state index contributed by atoms with van der Waals surface area (Å²) in [5.41, 5.74) is 6.43. The molecular weight excluding hydrogens is 403 g/mol. The van der Waals surface area contributed by atoms with Crippen LogP contribution >= 0.6 is 0 Å². The summed E-state index contributed by atoms with van der Waals surface area (Å²) in [5, 5.41) is 8.13. The van der Waals surface area contributed by atoms with Crippen molar-refractivity contribution in [1.82, 2.24) is 20.1 Å². The normalized spacial score (nSPS) is 16.1. The summed E-state index contributed by atoms with van der Waals surface area (Å²) in [5.74, 6) is -0.0893. The minimum absolute atomic E-state index is 0.0445. The minimum atomic E-state index is -0.223. The fraction of sp³-hybridized carbons (Fsp3) is 0.269. The smallest absolute Gasteiger partial charge is 0.275 e. The van der Waals surface area contributed by atoms with E-state index in [-0.39, 0.29) is 17.6 Å². The van der Waals surface area contributed by atoms with Gasteiger partial charge in [0.25, 0.3) is 5.91 Å². The van der Waals surface area contributed by atoms with Crippen molar-refractivity contribution >= 4 is 16.8 Å². The highest BCUT2D eigenvalue weighted by molar-refractivity contribution is 6.04. The van der Waals surface area contributed by atoms with Crippen LogP contribution < -0.4 is 0 Å². The number of hydrogen-bond acceptors (Lipinski definition) is 3. The largest absolute Gasteiger partial charge is 0.337 e. The number of aryl methyl sites for hydroxylation is 2. The summed E-state index contributed by atoms with van der Waals surface area (Å²) in [6.45, 7) is 5.29. The van der Waals surface area contributed by atoms with Crippen molar-refractivity contribution in [2.75, 3.05) is 13.1 Å². The second-order valence-corrected chi connectivity index (χ2v) is 8.71. The van der Waals surface area contributed by atoms with Gasteiger partial charge in [-0.25, -0.2) is 4.39 Å². The topological polar surface area (TPSA) is 61.9 Å². The monoisotopic (exact) mass is 428 g/mol. The van der Waals surface area contributed by atoms with E-state index in [4.69, 9.17) is 4.98 Å². The molecule has 1 atom stereocenters. The number of H-pyrrole nitrogens is 1. The number of pyridine rings is 1. The second kappa shape index (κ2) is 8.19. The van der Waals surface area contributed by atoms with Crippen LogP contribution in [0.4, 0.5) is 4.39 Å². The number of rotatable bonds is 4. The number of benzene rings is 2. The zero-order valence-electron chi connectivity index (χ0n) is 18.2. The van der Waals surface area contributed by atoms with E-state index in [2.05, 4.69) is 16.3 Å². The van der Waals surface area contributed by atoms with E-state index >= 15 is 0 Å². The van der Waals surface area contributed by atoms with Gasteiger partial charge in [-0.1, -0.05) is 23.8 Å². The number of hydrogen-bond donors (Lipinski definition) is 1. The highest BCUT2D eigenvalue weighted by atomic mass is 19.1. The number of carbonyl (C=O) groups excluding carboxylic acids is 1. The predicted molar refractivity (Wildman–Crippen MR) is 122 cm³/mol. The molecule has 6 heteroatoms. The molecule has 2 aromatic heterocycles. The lowest BCUT2D eigenvalue weighted by molar-refractivity contribution is 0.0786. The van der Waals surface area contributed by atoms with Crippen molar-refractivity contribution in [1.29, 1.82) is 0 Å². The molecule has 5 nitrogen and oxygen atoms in total. The lowest BCUT2D eigenvalue weighted by Crippen LogP contribution is -2.29. The Hall–Kier alpha value is -3.54. The van der Waals surface area contributed by atoms with Crippen LogP contribution in [0.5, 0.6) is 0 Å². The lowest BCUT2D eigenvalue weighted by Gasteiger charge is -2.16. The van der Waals surface area contributed by atoms with Crippen molar-refractivity contribution in [3.8, 4) is 0 Å². The number of nitrogens with one attached hydrogen (secondary N) is 1. The first-order valence-electron chi connectivity index (χ1n) is 10.9. The Labute approximate surface area is 186 Å².